The molecule has 0 radical (unpaired) electrons. The maximum Gasteiger partial charge on any atom is 0.163 e. The quantitative estimate of drug-likeness (QED) is 0.516. The van der Waals surface area contributed by atoms with E-state index in [2.05, 4.69) is 17.1 Å². The van der Waals surface area contributed by atoms with E-state index in [0.29, 0.717) is 18.7 Å². The molecule has 0 aliphatic heterocycles. The first-order valence-electron chi connectivity index (χ1n) is 10.3. The van der Waals surface area contributed by atoms with Gasteiger partial charge in [-0.15, -0.1) is 0 Å². The summed E-state index contributed by atoms with van der Waals surface area (Å²) < 4.78 is 8.61. The van der Waals surface area contributed by atoms with Gasteiger partial charge in [0.15, 0.2) is 5.78 Å². The van der Waals surface area contributed by atoms with Crippen molar-refractivity contribution in [1.82, 2.24) is 9.55 Å². The molecule has 0 spiro atoms. The molecule has 1 heterocycles. The van der Waals surface area contributed by atoms with Gasteiger partial charge >= 0.3 is 0 Å². The van der Waals surface area contributed by atoms with Crippen molar-refractivity contribution >= 4 is 17.5 Å². The van der Waals surface area contributed by atoms with Crippen LogP contribution < -0.4 is 4.74 Å². The first-order chi connectivity index (χ1) is 14.8. The average Bonchev–Trinajstić information content (AvgIpc) is 3.28. The normalized spacial score (nSPS) is 14.4. The second kappa shape index (κ2) is 9.96. The van der Waals surface area contributed by atoms with E-state index in [1.807, 2.05) is 41.1 Å². The minimum Gasteiger partial charge on any atom is -0.484 e. The number of hydrogen-bond acceptors (Lipinski definition) is 5. The zero-order chi connectivity index (χ0) is 20.8. The van der Waals surface area contributed by atoms with E-state index in [9.17, 15) is 9.90 Å². The number of carbonyl (C=O) groups excluding carboxylic acids is 1. The fourth-order valence-electron chi connectivity index (χ4n) is 3.90. The maximum absolute atomic E-state index is 12.4. The lowest BCUT2D eigenvalue weighted by molar-refractivity contribution is 0.0972. The molecule has 30 heavy (non-hydrogen) atoms. The van der Waals surface area contributed by atoms with Crippen molar-refractivity contribution in [2.75, 3.05) is 12.4 Å². The summed E-state index contributed by atoms with van der Waals surface area (Å²) >= 11 is 1.67. The Labute approximate surface area is 181 Å². The van der Waals surface area contributed by atoms with Gasteiger partial charge in [0.2, 0.25) is 0 Å². The molecule has 156 valence electrons. The lowest BCUT2D eigenvalue weighted by Gasteiger charge is -2.25. The molecule has 1 N–H and O–H groups in total. The van der Waals surface area contributed by atoms with Crippen LogP contribution >= 0.6 is 11.8 Å². The molecule has 4 rings (SSSR count). The zero-order valence-corrected chi connectivity index (χ0v) is 17.7. The van der Waals surface area contributed by atoms with Crippen molar-refractivity contribution < 1.29 is 14.6 Å². The molecule has 2 aromatic carbocycles. The van der Waals surface area contributed by atoms with E-state index in [-0.39, 0.29) is 18.5 Å². The van der Waals surface area contributed by atoms with Crippen LogP contribution in [0.4, 0.5) is 0 Å². The molecule has 6 heteroatoms. The number of nitrogens with zero attached hydrogens (tertiary/aromatic N) is 2. The van der Waals surface area contributed by atoms with Crippen LogP contribution in [-0.2, 0) is 18.7 Å². The van der Waals surface area contributed by atoms with Crippen LogP contribution in [0, 0.1) is 0 Å². The summed E-state index contributed by atoms with van der Waals surface area (Å²) in [7, 11) is 0. The van der Waals surface area contributed by atoms with Gasteiger partial charge < -0.3 is 14.4 Å². The second-order valence-electron chi connectivity index (χ2n) is 7.40. The molecule has 0 amide bonds. The molecular weight excluding hydrogens is 396 g/mol. The molecule has 1 aliphatic carbocycles. The number of aliphatic hydroxyl groups is 1. The topological polar surface area (TPSA) is 64.4 Å². The van der Waals surface area contributed by atoms with Gasteiger partial charge in [0.25, 0.3) is 0 Å². The SMILES string of the molecule is O=C1CCCc2c1ccc(OC(Cn1ccnc1)c1ccccc1)c2CSCCO. The van der Waals surface area contributed by atoms with Gasteiger partial charge in [-0.05, 0) is 36.1 Å². The van der Waals surface area contributed by atoms with Crippen molar-refractivity contribution in [3.63, 3.8) is 0 Å². The minimum atomic E-state index is -0.181. The van der Waals surface area contributed by atoms with Gasteiger partial charge in [-0.3, -0.25) is 4.79 Å². The molecule has 1 atom stereocenters. The van der Waals surface area contributed by atoms with Gasteiger partial charge in [0, 0.05) is 41.4 Å². The molecule has 3 aromatic rings. The third kappa shape index (κ3) is 4.77. The highest BCUT2D eigenvalue weighted by Crippen LogP contribution is 2.36. The van der Waals surface area contributed by atoms with E-state index >= 15 is 0 Å². The number of aliphatic hydroxyl groups excluding tert-OH is 1. The van der Waals surface area contributed by atoms with E-state index in [4.69, 9.17) is 4.74 Å². The number of rotatable bonds is 9. The molecule has 0 bridgehead atoms. The fraction of sp³-hybridized carbons (Fsp3) is 0.333. The lowest BCUT2D eigenvalue weighted by Crippen LogP contribution is -2.18. The number of benzene rings is 2. The monoisotopic (exact) mass is 422 g/mol. The van der Waals surface area contributed by atoms with Crippen LogP contribution in [0.5, 0.6) is 5.75 Å². The van der Waals surface area contributed by atoms with Crippen LogP contribution in [0.2, 0.25) is 0 Å². The Bertz CT molecular complexity index is 974. The summed E-state index contributed by atoms with van der Waals surface area (Å²) in [6, 6.07) is 14.0. The van der Waals surface area contributed by atoms with E-state index < -0.39 is 0 Å². The molecule has 0 fully saturated rings. The van der Waals surface area contributed by atoms with E-state index in [1.165, 1.54) is 0 Å². The van der Waals surface area contributed by atoms with Crippen LogP contribution in [-0.4, -0.2) is 32.8 Å². The Balaban J connectivity index is 1.68. The van der Waals surface area contributed by atoms with E-state index in [0.717, 1.165) is 46.6 Å². The summed E-state index contributed by atoms with van der Waals surface area (Å²) in [5.74, 6) is 2.42. The molecular formula is C24H26N2O3S. The molecule has 0 saturated carbocycles. The highest BCUT2D eigenvalue weighted by atomic mass is 32.2. The van der Waals surface area contributed by atoms with Gasteiger partial charge in [-0.2, -0.15) is 11.8 Å². The third-order valence-electron chi connectivity index (χ3n) is 5.38. The Morgan fingerprint density at radius 1 is 1.17 bits per heavy atom. The number of hydrogen-bond donors (Lipinski definition) is 1. The summed E-state index contributed by atoms with van der Waals surface area (Å²) in [6.45, 7) is 0.783. The van der Waals surface area contributed by atoms with Crippen LogP contribution in [0.15, 0.2) is 61.2 Å². The smallest absolute Gasteiger partial charge is 0.163 e. The Morgan fingerprint density at radius 3 is 2.80 bits per heavy atom. The van der Waals surface area contributed by atoms with Crippen LogP contribution in [0.1, 0.15) is 46.0 Å². The first kappa shape index (κ1) is 20.7. The molecule has 1 aliphatic rings. The van der Waals surface area contributed by atoms with E-state index in [1.54, 1.807) is 24.3 Å². The number of ketones is 1. The number of Topliss-reactive ketones (excluding diaryl/α,β-unsaturated/α-hetero) is 1. The molecule has 0 saturated heterocycles. The number of aromatic nitrogens is 2. The standard InChI is InChI=1S/C24H26N2O3S/c27-13-14-30-16-21-19-7-4-8-22(28)20(19)9-10-23(21)29-24(15-26-12-11-25-17-26)18-5-2-1-3-6-18/h1-3,5-6,9-12,17,24,27H,4,7-8,13-16H2. The number of imidazole rings is 1. The van der Waals surface area contributed by atoms with Crippen molar-refractivity contribution in [2.24, 2.45) is 0 Å². The predicted octanol–water partition coefficient (Wildman–Crippen LogP) is 4.45. The summed E-state index contributed by atoms with van der Waals surface area (Å²) in [5, 5.41) is 9.22. The van der Waals surface area contributed by atoms with Gasteiger partial charge in [0.1, 0.15) is 11.9 Å². The Hall–Kier alpha value is -2.57. The number of fused-ring (bicyclic) bond motifs is 1. The summed E-state index contributed by atoms with van der Waals surface area (Å²) in [6.07, 6.45) is 7.70. The van der Waals surface area contributed by atoms with Crippen molar-refractivity contribution in [3.05, 3.63) is 83.4 Å². The third-order valence-corrected chi connectivity index (χ3v) is 6.34. The van der Waals surface area contributed by atoms with Gasteiger partial charge in [-0.1, -0.05) is 30.3 Å². The number of carbonyl (C=O) groups is 1. The second-order valence-corrected chi connectivity index (χ2v) is 8.50. The Morgan fingerprint density at radius 2 is 2.03 bits per heavy atom. The maximum atomic E-state index is 12.4. The van der Waals surface area contributed by atoms with Crippen molar-refractivity contribution in [3.8, 4) is 5.75 Å². The molecule has 1 unspecified atom stereocenters. The number of ether oxygens (including phenoxy) is 1. The molecule has 5 nitrogen and oxygen atoms in total. The highest BCUT2D eigenvalue weighted by molar-refractivity contribution is 7.98. The van der Waals surface area contributed by atoms with Gasteiger partial charge in [-0.25, -0.2) is 4.98 Å². The lowest BCUT2D eigenvalue weighted by atomic mass is 9.87. The first-order valence-corrected chi connectivity index (χ1v) is 11.5. The summed E-state index contributed by atoms with van der Waals surface area (Å²) in [4.78, 5) is 16.6. The largest absolute Gasteiger partial charge is 0.484 e. The van der Waals surface area contributed by atoms with Crippen molar-refractivity contribution in [2.45, 2.75) is 37.7 Å². The average molecular weight is 423 g/mol. The predicted molar refractivity (Wildman–Crippen MR) is 119 cm³/mol. The molecule has 1 aromatic heterocycles. The minimum absolute atomic E-state index is 0.141. The van der Waals surface area contributed by atoms with Gasteiger partial charge in [0.05, 0.1) is 19.5 Å². The number of thioether (sulfide) groups is 1. The van der Waals surface area contributed by atoms with Crippen LogP contribution in [0.25, 0.3) is 0 Å². The fourth-order valence-corrected chi connectivity index (χ4v) is 4.70. The summed E-state index contributed by atoms with van der Waals surface area (Å²) in [5.41, 5.74) is 4.13. The van der Waals surface area contributed by atoms with Crippen LogP contribution in [0.3, 0.4) is 0 Å². The van der Waals surface area contributed by atoms with Crippen molar-refractivity contribution in [1.29, 1.82) is 0 Å². The highest BCUT2D eigenvalue weighted by Gasteiger charge is 2.24. The zero-order valence-electron chi connectivity index (χ0n) is 16.9. The Kier molecular flexibility index (Phi) is 6.87.